The topological polar surface area (TPSA) is 32.3 Å². The molecule has 5 aromatic rings. The Hall–Kier alpha value is -2.41. The molecule has 2 aromatic heterocycles. The number of pyridine rings is 2. The van der Waals surface area contributed by atoms with Crippen molar-refractivity contribution in [1.29, 1.82) is 0 Å². The fourth-order valence-electron chi connectivity index (χ4n) is 5.59. The molecule has 3 heterocycles. The van der Waals surface area contributed by atoms with Gasteiger partial charge in [-0.1, -0.05) is 35.4 Å². The second-order valence-corrected chi connectivity index (χ2v) is 18.8. The zero-order valence-corrected chi connectivity index (χ0v) is 34.1. The van der Waals surface area contributed by atoms with Crippen molar-refractivity contribution in [2.75, 3.05) is 29.6 Å². The molecule has 1 aliphatic heterocycles. The van der Waals surface area contributed by atoms with Gasteiger partial charge in [0.05, 0.1) is 6.67 Å². The molecule has 4 nitrogen and oxygen atoms in total. The third-order valence-corrected chi connectivity index (χ3v) is 9.94. The van der Waals surface area contributed by atoms with E-state index >= 15 is 0 Å². The number of hydrogen-bond donors (Lipinski definition) is 0. The fraction of sp³-hybridized carbons (Fsp3) is 0.237. The van der Waals surface area contributed by atoms with Gasteiger partial charge in [0.25, 0.3) is 0 Å². The first kappa shape index (κ1) is 39.0. The van der Waals surface area contributed by atoms with Crippen LogP contribution in [-0.2, 0) is 13.5 Å². The van der Waals surface area contributed by atoms with Gasteiger partial charge in [-0.3, -0.25) is 9.97 Å². The minimum atomic E-state index is -1.61. The van der Waals surface area contributed by atoms with Crippen molar-refractivity contribution in [3.63, 3.8) is 0 Å². The van der Waals surface area contributed by atoms with Crippen LogP contribution in [0.5, 0.6) is 0 Å². The molecule has 1 saturated heterocycles. The molecule has 47 heavy (non-hydrogen) atoms. The third kappa shape index (κ3) is 13.6. The number of anilines is 2. The molecule has 0 atom stereocenters. The van der Waals surface area contributed by atoms with E-state index in [0.29, 0.717) is 0 Å². The molecule has 0 bridgehead atoms. The van der Waals surface area contributed by atoms with Crippen LogP contribution in [0.15, 0.2) is 113 Å². The summed E-state index contributed by atoms with van der Waals surface area (Å²) in [6, 6.07) is 26.7. The quantitative estimate of drug-likeness (QED) is 0.169. The summed E-state index contributed by atoms with van der Waals surface area (Å²) < 4.78 is 3.97. The molecule has 0 N–H and O–H groups in total. The van der Waals surface area contributed by atoms with E-state index in [1.54, 1.807) is 24.8 Å². The van der Waals surface area contributed by atoms with Gasteiger partial charge in [0, 0.05) is 58.2 Å². The fourth-order valence-corrected chi connectivity index (χ4v) is 7.96. The summed E-state index contributed by atoms with van der Waals surface area (Å²) in [7, 11) is 11.3. The van der Waals surface area contributed by atoms with Gasteiger partial charge < -0.3 is 9.80 Å². The van der Waals surface area contributed by atoms with Crippen molar-refractivity contribution in [1.82, 2.24) is 9.97 Å². The Bertz CT molecular complexity index is 1570. The Morgan fingerprint density at radius 1 is 0.617 bits per heavy atom. The van der Waals surface area contributed by atoms with Crippen LogP contribution in [0.4, 0.5) is 11.4 Å². The Labute approximate surface area is 310 Å². The average Bonchev–Trinajstić information content (AvgIpc) is 3.47. The maximum atomic E-state index is 5.67. The van der Waals surface area contributed by atoms with Crippen molar-refractivity contribution in [2.24, 2.45) is 0 Å². The molecule has 6 rings (SSSR count). The second kappa shape index (κ2) is 20.2. The second-order valence-electron chi connectivity index (χ2n) is 11.2. The van der Waals surface area contributed by atoms with E-state index in [0.717, 1.165) is 34.3 Å². The molecule has 0 spiro atoms. The number of hydrogen-bond acceptors (Lipinski definition) is 4. The molecule has 0 aliphatic carbocycles. The Balaban J connectivity index is 0.000000204. The van der Waals surface area contributed by atoms with Crippen LogP contribution < -0.4 is 9.80 Å². The zero-order valence-electron chi connectivity index (χ0n) is 27.7. The summed E-state index contributed by atoms with van der Waals surface area (Å²) in [4.78, 5) is 12.7. The Morgan fingerprint density at radius 2 is 1.02 bits per heavy atom. The molecule has 0 amide bonds. The summed E-state index contributed by atoms with van der Waals surface area (Å²) in [6.07, 6.45) is 6.98. The van der Waals surface area contributed by atoms with Crippen LogP contribution in [0.25, 0.3) is 0 Å². The first-order chi connectivity index (χ1) is 22.4. The van der Waals surface area contributed by atoms with Gasteiger partial charge in [-0.15, -0.1) is 0 Å². The first-order valence-electron chi connectivity index (χ1n) is 15.1. The summed E-state index contributed by atoms with van der Waals surface area (Å²) in [5, 5.41) is 0. The SMILES string of the molecule is Brc1cccnc1.Brc1cccnc1.Cc1cc(C)c(N2CCN(c3c(C)cc(C)cc3C)C2)c(C)c1.[Cl][Ru]([Cl])=[CH]c1ccccc1. The normalized spacial score (nSPS) is 12.1. The first-order valence-corrected chi connectivity index (χ1v) is 22.2. The number of benzene rings is 3. The summed E-state index contributed by atoms with van der Waals surface area (Å²) in [5.74, 6) is 0. The van der Waals surface area contributed by atoms with Gasteiger partial charge in [-0.25, -0.2) is 0 Å². The van der Waals surface area contributed by atoms with E-state index in [2.05, 4.69) is 117 Å². The van der Waals surface area contributed by atoms with Gasteiger partial charge in [0.2, 0.25) is 0 Å². The maximum absolute atomic E-state index is 5.67. The molecular formula is C38H42Br2Cl2N4Ru. The zero-order chi connectivity index (χ0) is 34.3. The van der Waals surface area contributed by atoms with E-state index < -0.39 is 13.5 Å². The minimum absolute atomic E-state index is 0.982. The molecule has 250 valence electrons. The Morgan fingerprint density at radius 3 is 1.32 bits per heavy atom. The Kier molecular flexibility index (Phi) is 16.8. The van der Waals surface area contributed by atoms with Crippen molar-refractivity contribution in [3.05, 3.63) is 152 Å². The summed E-state index contributed by atoms with van der Waals surface area (Å²) >= 11 is 4.88. The molecule has 1 aliphatic rings. The van der Waals surface area contributed by atoms with Crippen molar-refractivity contribution < 1.29 is 13.5 Å². The van der Waals surface area contributed by atoms with Gasteiger partial charge >= 0.3 is 73.4 Å². The predicted octanol–water partition coefficient (Wildman–Crippen LogP) is 11.3. The van der Waals surface area contributed by atoms with E-state index in [4.69, 9.17) is 19.4 Å². The van der Waals surface area contributed by atoms with Gasteiger partial charge in [-0.05, 0) is 120 Å². The molecule has 3 aromatic carbocycles. The molecule has 0 unspecified atom stereocenters. The molecule has 0 radical (unpaired) electrons. The number of aryl methyl sites for hydroxylation is 6. The van der Waals surface area contributed by atoms with Crippen molar-refractivity contribution in [2.45, 2.75) is 41.5 Å². The predicted molar refractivity (Wildman–Crippen MR) is 208 cm³/mol. The van der Waals surface area contributed by atoms with E-state index in [1.165, 1.54) is 44.8 Å². The van der Waals surface area contributed by atoms with Gasteiger partial charge in [0.15, 0.2) is 0 Å². The summed E-state index contributed by atoms with van der Waals surface area (Å²) in [5.41, 5.74) is 12.2. The van der Waals surface area contributed by atoms with Crippen LogP contribution in [0.2, 0.25) is 0 Å². The number of rotatable bonds is 3. The number of aromatic nitrogens is 2. The van der Waals surface area contributed by atoms with Crippen molar-refractivity contribution in [3.8, 4) is 0 Å². The monoisotopic (exact) mass is 884 g/mol. The van der Waals surface area contributed by atoms with Crippen LogP contribution in [-0.4, -0.2) is 34.3 Å². The molecule has 1 fully saturated rings. The molecular weight excluding hydrogens is 844 g/mol. The molecule has 0 saturated carbocycles. The average molecular weight is 887 g/mol. The van der Waals surface area contributed by atoms with Crippen LogP contribution in [0, 0.1) is 41.5 Å². The van der Waals surface area contributed by atoms with Crippen LogP contribution >= 0.6 is 51.2 Å². The summed E-state index contributed by atoms with van der Waals surface area (Å²) in [6.45, 7) is 16.5. The van der Waals surface area contributed by atoms with E-state index in [1.807, 2.05) is 59.2 Å². The van der Waals surface area contributed by atoms with E-state index in [-0.39, 0.29) is 0 Å². The standard InChI is InChI=1S/C21H28N2.C7H6.2C5H4BrN.2ClH.Ru/c1-14-9-16(3)20(17(4)10-14)22-7-8-23(13-22)21-18(5)11-15(2)12-19(21)6;1-7-5-3-2-4-6-7;2*6-5-2-1-3-7-4-5;;;/h9-12H,7-8,13H2,1-6H3;1-6H;2*1-4H;2*1H;/q;;;;;;+2/p-2. The van der Waals surface area contributed by atoms with Gasteiger partial charge in [-0.2, -0.15) is 0 Å². The van der Waals surface area contributed by atoms with Crippen molar-refractivity contribution >= 4 is 67.2 Å². The third-order valence-electron chi connectivity index (χ3n) is 7.13. The number of nitrogens with zero attached hydrogens (tertiary/aromatic N) is 4. The van der Waals surface area contributed by atoms with Crippen LogP contribution in [0.1, 0.15) is 38.9 Å². The van der Waals surface area contributed by atoms with Gasteiger partial charge in [0.1, 0.15) is 0 Å². The number of halogens is 4. The van der Waals surface area contributed by atoms with Crippen LogP contribution in [0.3, 0.4) is 0 Å². The van der Waals surface area contributed by atoms with E-state index in [9.17, 15) is 0 Å². The molecule has 9 heteroatoms.